The van der Waals surface area contributed by atoms with Crippen LogP contribution in [0, 0.1) is 12.7 Å². The molecule has 2 heterocycles. The number of sulfonamides is 1. The molecule has 0 radical (unpaired) electrons. The number of fused-ring (bicyclic) bond motifs is 1. The molecule has 1 fully saturated rings. The van der Waals surface area contributed by atoms with Gasteiger partial charge in [0, 0.05) is 24.5 Å². The van der Waals surface area contributed by atoms with Crippen LogP contribution in [0.25, 0.3) is 10.9 Å². The van der Waals surface area contributed by atoms with Gasteiger partial charge in [0.15, 0.2) is 11.5 Å². The Labute approximate surface area is 223 Å². The summed E-state index contributed by atoms with van der Waals surface area (Å²) in [7, 11) is -1.93. The zero-order valence-electron chi connectivity index (χ0n) is 21.7. The monoisotopic (exact) mass is 572 g/mol. The minimum Gasteiger partial charge on any atom is -0.493 e. The summed E-state index contributed by atoms with van der Waals surface area (Å²) in [5, 5.41) is 3.55. The van der Waals surface area contributed by atoms with Crippen molar-refractivity contribution in [2.75, 3.05) is 45.0 Å². The first-order chi connectivity index (χ1) is 18.2. The number of anilines is 1. The number of hydrogen-bond donors (Lipinski definition) is 1. The lowest BCUT2D eigenvalue weighted by molar-refractivity contribution is -0.137. The molecule has 9 nitrogen and oxygen atoms in total. The van der Waals surface area contributed by atoms with Crippen LogP contribution in [-0.2, 0) is 20.9 Å². The molecule has 0 bridgehead atoms. The first-order valence-electron chi connectivity index (χ1n) is 11.9. The topological polar surface area (TPSA) is 103 Å². The normalized spacial score (nSPS) is 17.7. The first-order valence-corrected chi connectivity index (χ1v) is 13.8. The minimum absolute atomic E-state index is 0.0310. The lowest BCUT2D eigenvalue weighted by Gasteiger charge is -2.31. The largest absolute Gasteiger partial charge is 0.493 e. The van der Waals surface area contributed by atoms with Crippen molar-refractivity contribution in [3.63, 3.8) is 0 Å². The Morgan fingerprint density at radius 2 is 1.92 bits per heavy atom. The van der Waals surface area contributed by atoms with Gasteiger partial charge >= 0.3 is 6.18 Å². The maximum Gasteiger partial charge on any atom is 0.416 e. The van der Waals surface area contributed by atoms with Gasteiger partial charge in [0.05, 0.1) is 37.1 Å². The average molecular weight is 573 g/mol. The van der Waals surface area contributed by atoms with Crippen molar-refractivity contribution in [2.45, 2.75) is 32.2 Å². The molecule has 0 unspecified atom stereocenters. The van der Waals surface area contributed by atoms with Gasteiger partial charge in [0.2, 0.25) is 10.0 Å². The fourth-order valence-electron chi connectivity index (χ4n) is 4.23. The summed E-state index contributed by atoms with van der Waals surface area (Å²) in [6.45, 7) is 3.90. The summed E-state index contributed by atoms with van der Waals surface area (Å²) in [4.78, 5) is 8.83. The lowest BCUT2D eigenvalue weighted by atomic mass is 10.0. The van der Waals surface area contributed by atoms with Crippen molar-refractivity contribution in [2.24, 2.45) is 0 Å². The maximum atomic E-state index is 14.0. The van der Waals surface area contributed by atoms with Crippen LogP contribution in [0.2, 0.25) is 0 Å². The molecule has 1 aromatic heterocycles. The van der Waals surface area contributed by atoms with Crippen LogP contribution in [0.15, 0.2) is 30.3 Å². The zero-order chi connectivity index (χ0) is 28.5. The van der Waals surface area contributed by atoms with E-state index in [0.717, 1.165) is 18.4 Å². The molecule has 0 spiro atoms. The number of nitrogens with zero attached hydrogens (tertiary/aromatic N) is 3. The van der Waals surface area contributed by atoms with Crippen LogP contribution in [0.4, 0.5) is 23.4 Å². The molecule has 0 aliphatic carbocycles. The molecule has 1 aliphatic heterocycles. The number of hydrogen-bond acceptors (Lipinski definition) is 8. The highest BCUT2D eigenvalue weighted by molar-refractivity contribution is 7.88. The van der Waals surface area contributed by atoms with Gasteiger partial charge in [-0.2, -0.15) is 17.5 Å². The average Bonchev–Trinajstić information content (AvgIpc) is 2.85. The molecule has 212 valence electrons. The third-order valence-electron chi connectivity index (χ3n) is 6.19. The number of halogens is 4. The fraction of sp³-hybridized carbons (Fsp3) is 0.440. The number of ether oxygens (including phenoxy) is 3. The molecule has 1 saturated heterocycles. The number of morpholine rings is 1. The third kappa shape index (κ3) is 6.86. The summed E-state index contributed by atoms with van der Waals surface area (Å²) in [5.41, 5.74) is -0.523. The van der Waals surface area contributed by atoms with E-state index in [1.807, 2.05) is 0 Å². The molecule has 4 rings (SSSR count). The van der Waals surface area contributed by atoms with Crippen LogP contribution in [0.3, 0.4) is 0 Å². The molecule has 1 aliphatic rings. The van der Waals surface area contributed by atoms with E-state index in [4.69, 9.17) is 14.2 Å². The Hall–Kier alpha value is -3.23. The molecule has 0 amide bonds. The van der Waals surface area contributed by atoms with E-state index in [0.29, 0.717) is 40.1 Å². The number of aromatic nitrogens is 2. The Balaban J connectivity index is 1.62. The summed E-state index contributed by atoms with van der Waals surface area (Å²) < 4.78 is 95.9. The van der Waals surface area contributed by atoms with Gasteiger partial charge in [0.25, 0.3) is 0 Å². The van der Waals surface area contributed by atoms with Crippen LogP contribution in [0.1, 0.15) is 29.9 Å². The molecule has 14 heteroatoms. The highest BCUT2D eigenvalue weighted by Gasteiger charge is 2.32. The second-order valence-corrected chi connectivity index (χ2v) is 11.2. The van der Waals surface area contributed by atoms with Crippen molar-refractivity contribution in [3.05, 3.63) is 53.1 Å². The Kier molecular flexibility index (Phi) is 8.19. The number of aryl methyl sites for hydroxylation is 1. The zero-order valence-corrected chi connectivity index (χ0v) is 22.5. The van der Waals surface area contributed by atoms with E-state index < -0.39 is 39.7 Å². The van der Waals surface area contributed by atoms with Crippen LogP contribution >= 0.6 is 0 Å². The predicted octanol–water partition coefficient (Wildman–Crippen LogP) is 4.32. The first kappa shape index (κ1) is 28.8. The molecule has 0 saturated carbocycles. The van der Waals surface area contributed by atoms with E-state index in [-0.39, 0.29) is 31.9 Å². The van der Waals surface area contributed by atoms with Crippen molar-refractivity contribution in [3.8, 4) is 11.5 Å². The molecule has 2 atom stereocenters. The minimum atomic E-state index is -4.70. The molecule has 39 heavy (non-hydrogen) atoms. The summed E-state index contributed by atoms with van der Waals surface area (Å²) >= 11 is 0. The van der Waals surface area contributed by atoms with E-state index in [2.05, 4.69) is 15.3 Å². The number of benzene rings is 2. The second kappa shape index (κ2) is 11.1. The standard InChI is InChI=1S/C25H28F4N4O5S/c1-14(16-7-17(25(27,28)29)9-18(26)8-16)30-24-20-10-23(22(36-3)11-21(20)31-15(2)32-24)38-13-19-12-33(5-6-37-19)39(4,34)35/h7-11,14,19H,5-6,12-13H2,1-4H3,(H,30,31,32)/t14-,19+/m1/s1. The maximum absolute atomic E-state index is 14.0. The Bertz CT molecular complexity index is 1470. The number of rotatable bonds is 8. The summed E-state index contributed by atoms with van der Waals surface area (Å²) in [5.74, 6) is 0.345. The fourth-order valence-corrected chi connectivity index (χ4v) is 5.07. The van der Waals surface area contributed by atoms with Crippen LogP contribution in [0.5, 0.6) is 11.5 Å². The van der Waals surface area contributed by atoms with Crippen molar-refractivity contribution in [1.29, 1.82) is 0 Å². The van der Waals surface area contributed by atoms with Gasteiger partial charge in [-0.3, -0.25) is 0 Å². The Morgan fingerprint density at radius 3 is 2.59 bits per heavy atom. The van der Waals surface area contributed by atoms with E-state index >= 15 is 0 Å². The van der Waals surface area contributed by atoms with E-state index in [1.54, 1.807) is 26.0 Å². The summed E-state index contributed by atoms with van der Waals surface area (Å²) in [6, 6.07) is 4.87. The van der Waals surface area contributed by atoms with Crippen molar-refractivity contribution in [1.82, 2.24) is 14.3 Å². The van der Waals surface area contributed by atoms with E-state index in [9.17, 15) is 26.0 Å². The molecule has 2 aromatic carbocycles. The quantitative estimate of drug-likeness (QED) is 0.399. The number of alkyl halides is 3. The molecule has 3 aromatic rings. The highest BCUT2D eigenvalue weighted by Crippen LogP contribution is 2.36. The van der Waals surface area contributed by atoms with Crippen molar-refractivity contribution >= 4 is 26.7 Å². The van der Waals surface area contributed by atoms with Gasteiger partial charge in [-0.1, -0.05) is 0 Å². The third-order valence-corrected chi connectivity index (χ3v) is 7.46. The molecule has 1 N–H and O–H groups in total. The summed E-state index contributed by atoms with van der Waals surface area (Å²) in [6.07, 6.45) is -4.08. The molecular formula is C25H28F4N4O5S. The number of methoxy groups -OCH3 is 1. The van der Waals surface area contributed by atoms with Gasteiger partial charge in [0.1, 0.15) is 30.2 Å². The van der Waals surface area contributed by atoms with Crippen LogP contribution < -0.4 is 14.8 Å². The van der Waals surface area contributed by atoms with Gasteiger partial charge in [-0.15, -0.1) is 0 Å². The SMILES string of the molecule is COc1cc2nc(C)nc(N[C@H](C)c3cc(F)cc(C(F)(F)F)c3)c2cc1OC[C@@H]1CN(S(C)(=O)=O)CCO1. The van der Waals surface area contributed by atoms with Crippen molar-refractivity contribution < 1.29 is 40.2 Å². The smallest absolute Gasteiger partial charge is 0.416 e. The van der Waals surface area contributed by atoms with Gasteiger partial charge in [-0.25, -0.2) is 22.8 Å². The van der Waals surface area contributed by atoms with Gasteiger partial charge in [-0.05, 0) is 43.7 Å². The predicted molar refractivity (Wildman–Crippen MR) is 136 cm³/mol. The lowest BCUT2D eigenvalue weighted by Crippen LogP contribution is -2.47. The van der Waals surface area contributed by atoms with Crippen LogP contribution in [-0.4, -0.2) is 68.5 Å². The Morgan fingerprint density at radius 1 is 1.18 bits per heavy atom. The highest BCUT2D eigenvalue weighted by atomic mass is 32.2. The number of nitrogens with one attached hydrogen (secondary N) is 1. The molecular weight excluding hydrogens is 544 g/mol. The van der Waals surface area contributed by atoms with Gasteiger partial charge < -0.3 is 19.5 Å². The van der Waals surface area contributed by atoms with E-state index in [1.165, 1.54) is 11.4 Å². The second-order valence-electron chi connectivity index (χ2n) is 9.20.